The minimum absolute atomic E-state index is 0.0942. The highest BCUT2D eigenvalue weighted by Gasteiger charge is 2.15. The van der Waals surface area contributed by atoms with Crippen molar-refractivity contribution in [1.82, 2.24) is 14.7 Å². The summed E-state index contributed by atoms with van der Waals surface area (Å²) in [5.41, 5.74) is 2.66. The van der Waals surface area contributed by atoms with Crippen LogP contribution in [0.25, 0.3) is 6.08 Å². The average Bonchev–Trinajstić information content (AvgIpc) is 3.12. The van der Waals surface area contributed by atoms with Gasteiger partial charge >= 0.3 is 5.97 Å². The normalized spacial score (nSPS) is 11.4. The van der Waals surface area contributed by atoms with Crippen molar-refractivity contribution in [3.63, 3.8) is 0 Å². The van der Waals surface area contributed by atoms with Gasteiger partial charge in [-0.1, -0.05) is 5.16 Å². The molecule has 0 aliphatic rings. The zero-order chi connectivity index (χ0) is 18.4. The van der Waals surface area contributed by atoms with Crippen LogP contribution in [-0.4, -0.2) is 34.4 Å². The summed E-state index contributed by atoms with van der Waals surface area (Å²) in [6.45, 7) is 6.65. The molecule has 0 aliphatic heterocycles. The lowest BCUT2D eigenvalue weighted by Crippen LogP contribution is -2.08. The minimum Gasteiger partial charge on any atom is -0.451 e. The molecule has 0 unspecified atom stereocenters. The Balaban J connectivity index is 2.13. The maximum Gasteiger partial charge on any atom is 0.349 e. The lowest BCUT2D eigenvalue weighted by Gasteiger charge is -2.08. The summed E-state index contributed by atoms with van der Waals surface area (Å²) in [5.74, 6) is -0.105. The van der Waals surface area contributed by atoms with Crippen molar-refractivity contribution in [2.24, 2.45) is 0 Å². The molecule has 2 rings (SSSR count). The van der Waals surface area contributed by atoms with Crippen molar-refractivity contribution >= 4 is 12.0 Å². The number of rotatable bonds is 7. The topological polar surface area (TPSA) is 103 Å². The van der Waals surface area contributed by atoms with Crippen molar-refractivity contribution in [1.29, 1.82) is 5.26 Å². The van der Waals surface area contributed by atoms with Gasteiger partial charge in [-0.15, -0.1) is 0 Å². The molecular formula is C17H20N4O4. The monoisotopic (exact) mass is 344 g/mol. The first-order chi connectivity index (χ1) is 12.0. The Morgan fingerprint density at radius 2 is 2.20 bits per heavy atom. The van der Waals surface area contributed by atoms with Crippen molar-refractivity contribution in [2.75, 3.05) is 13.7 Å². The quantitative estimate of drug-likeness (QED) is 0.430. The van der Waals surface area contributed by atoms with Gasteiger partial charge in [-0.05, 0) is 38.5 Å². The Morgan fingerprint density at radius 1 is 1.44 bits per heavy atom. The highest BCUT2D eigenvalue weighted by atomic mass is 16.6. The number of hydrogen-bond donors (Lipinski definition) is 0. The molecule has 0 atom stereocenters. The average molecular weight is 344 g/mol. The predicted octanol–water partition coefficient (Wildman–Crippen LogP) is 2.09. The van der Waals surface area contributed by atoms with Crippen LogP contribution in [0.5, 0.6) is 0 Å². The van der Waals surface area contributed by atoms with Gasteiger partial charge in [0.25, 0.3) is 5.89 Å². The van der Waals surface area contributed by atoms with E-state index in [-0.39, 0.29) is 18.1 Å². The Hall–Kier alpha value is -2.92. The first kappa shape index (κ1) is 18.4. The zero-order valence-corrected chi connectivity index (χ0v) is 14.7. The maximum atomic E-state index is 12.1. The van der Waals surface area contributed by atoms with Crippen molar-refractivity contribution in [2.45, 2.75) is 33.9 Å². The highest BCUT2D eigenvalue weighted by molar-refractivity contribution is 5.98. The molecule has 0 spiro atoms. The van der Waals surface area contributed by atoms with Crippen LogP contribution in [0.1, 0.15) is 28.7 Å². The number of carbonyl (C=O) groups is 1. The van der Waals surface area contributed by atoms with Gasteiger partial charge in [0, 0.05) is 25.0 Å². The molecule has 0 aliphatic carbocycles. The van der Waals surface area contributed by atoms with Gasteiger partial charge in [-0.2, -0.15) is 10.2 Å². The molecule has 0 saturated heterocycles. The Morgan fingerprint density at radius 3 is 2.80 bits per heavy atom. The molecule has 0 amide bonds. The van der Waals surface area contributed by atoms with E-state index in [1.54, 1.807) is 14.0 Å². The summed E-state index contributed by atoms with van der Waals surface area (Å²) in [6, 6.07) is 3.79. The number of aromatic nitrogens is 3. The molecule has 0 fully saturated rings. The van der Waals surface area contributed by atoms with Crippen LogP contribution in [0.15, 0.2) is 16.2 Å². The van der Waals surface area contributed by atoms with Crippen molar-refractivity contribution in [3.8, 4) is 6.07 Å². The molecule has 0 saturated carbocycles. The van der Waals surface area contributed by atoms with E-state index >= 15 is 0 Å². The van der Waals surface area contributed by atoms with Crippen LogP contribution in [0.2, 0.25) is 0 Å². The van der Waals surface area contributed by atoms with Crippen LogP contribution in [-0.2, 0) is 27.4 Å². The van der Waals surface area contributed by atoms with E-state index in [4.69, 9.17) is 14.0 Å². The second-order valence-electron chi connectivity index (χ2n) is 5.45. The SMILES string of the molecule is COCCn1c(C)cc(/C=C(\C#N)C(=O)OCc2nc(C)no2)c1C. The summed E-state index contributed by atoms with van der Waals surface area (Å²) >= 11 is 0. The summed E-state index contributed by atoms with van der Waals surface area (Å²) in [5, 5.41) is 12.9. The first-order valence-corrected chi connectivity index (χ1v) is 7.70. The number of aryl methyl sites for hydroxylation is 2. The van der Waals surface area contributed by atoms with Gasteiger partial charge in [0.1, 0.15) is 11.6 Å². The van der Waals surface area contributed by atoms with Crippen molar-refractivity contribution in [3.05, 3.63) is 40.3 Å². The number of hydrogen-bond acceptors (Lipinski definition) is 7. The predicted molar refractivity (Wildman–Crippen MR) is 88.2 cm³/mol. The summed E-state index contributed by atoms with van der Waals surface area (Å²) < 4.78 is 17.1. The summed E-state index contributed by atoms with van der Waals surface area (Å²) in [6.07, 6.45) is 1.52. The van der Waals surface area contributed by atoms with Gasteiger partial charge in [0.05, 0.1) is 6.61 Å². The fraction of sp³-hybridized carbons (Fsp3) is 0.412. The fourth-order valence-electron chi connectivity index (χ4n) is 2.40. The second-order valence-corrected chi connectivity index (χ2v) is 5.45. The third-order valence-electron chi connectivity index (χ3n) is 3.67. The van der Waals surface area contributed by atoms with Gasteiger partial charge in [-0.3, -0.25) is 0 Å². The van der Waals surface area contributed by atoms with Gasteiger partial charge < -0.3 is 18.6 Å². The number of carbonyl (C=O) groups excluding carboxylic acids is 1. The van der Waals surface area contributed by atoms with Crippen LogP contribution in [0, 0.1) is 32.1 Å². The molecule has 25 heavy (non-hydrogen) atoms. The van der Waals surface area contributed by atoms with E-state index in [0.717, 1.165) is 17.0 Å². The number of esters is 1. The van der Waals surface area contributed by atoms with E-state index in [1.807, 2.05) is 26.0 Å². The third-order valence-corrected chi connectivity index (χ3v) is 3.67. The van der Waals surface area contributed by atoms with E-state index in [9.17, 15) is 10.1 Å². The van der Waals surface area contributed by atoms with E-state index in [1.165, 1.54) is 6.08 Å². The van der Waals surface area contributed by atoms with Crippen LogP contribution >= 0.6 is 0 Å². The molecule has 2 heterocycles. The Bertz CT molecular complexity index is 826. The molecule has 0 radical (unpaired) electrons. The molecule has 2 aromatic rings. The summed E-state index contributed by atoms with van der Waals surface area (Å²) in [4.78, 5) is 16.0. The molecule has 0 aromatic carbocycles. The van der Waals surface area contributed by atoms with Crippen LogP contribution in [0.4, 0.5) is 0 Å². The fourth-order valence-corrected chi connectivity index (χ4v) is 2.40. The maximum absolute atomic E-state index is 12.1. The standard InChI is InChI=1S/C17H20N4O4/c1-11-7-14(12(2)21(11)5-6-23-4)8-15(9-18)17(22)24-10-16-19-13(3)20-25-16/h7-8H,5-6,10H2,1-4H3/b15-8+. The van der Waals surface area contributed by atoms with E-state index in [2.05, 4.69) is 14.7 Å². The molecule has 8 heteroatoms. The number of ether oxygens (including phenoxy) is 2. The largest absolute Gasteiger partial charge is 0.451 e. The van der Waals surface area contributed by atoms with Gasteiger partial charge in [0.15, 0.2) is 12.4 Å². The minimum atomic E-state index is -0.736. The second kappa shape index (κ2) is 8.26. The first-order valence-electron chi connectivity index (χ1n) is 7.70. The molecule has 132 valence electrons. The third kappa shape index (κ3) is 4.55. The Kier molecular flexibility index (Phi) is 6.08. The van der Waals surface area contributed by atoms with Gasteiger partial charge in [0.2, 0.25) is 0 Å². The highest BCUT2D eigenvalue weighted by Crippen LogP contribution is 2.19. The van der Waals surface area contributed by atoms with Gasteiger partial charge in [-0.25, -0.2) is 4.79 Å². The van der Waals surface area contributed by atoms with E-state index < -0.39 is 5.97 Å². The lowest BCUT2D eigenvalue weighted by molar-refractivity contribution is -0.140. The Labute approximate surface area is 145 Å². The number of methoxy groups -OCH3 is 1. The molecular weight excluding hydrogens is 324 g/mol. The molecule has 0 bridgehead atoms. The molecule has 2 aromatic heterocycles. The van der Waals surface area contributed by atoms with E-state index in [0.29, 0.717) is 19.0 Å². The molecule has 0 N–H and O–H groups in total. The lowest BCUT2D eigenvalue weighted by atomic mass is 10.1. The summed E-state index contributed by atoms with van der Waals surface area (Å²) in [7, 11) is 1.64. The van der Waals surface area contributed by atoms with Crippen LogP contribution in [0.3, 0.4) is 0 Å². The smallest absolute Gasteiger partial charge is 0.349 e. The van der Waals surface area contributed by atoms with Crippen molar-refractivity contribution < 1.29 is 18.8 Å². The zero-order valence-electron chi connectivity index (χ0n) is 14.7. The number of nitriles is 1. The van der Waals surface area contributed by atoms with Crippen LogP contribution < -0.4 is 0 Å². The number of nitrogens with zero attached hydrogens (tertiary/aromatic N) is 4. The molecule has 8 nitrogen and oxygen atoms in total.